The normalized spacial score (nSPS) is 12.9. The van der Waals surface area contributed by atoms with Crippen LogP contribution in [-0.4, -0.2) is 11.1 Å². The van der Waals surface area contributed by atoms with E-state index in [0.29, 0.717) is 12.2 Å². The lowest BCUT2D eigenvalue weighted by Crippen LogP contribution is -2.16. The number of phenolic OH excluding ortho intramolecular Hbond substituents is 1. The number of rotatable bonds is 5. The Morgan fingerprint density at radius 2 is 2.00 bits per heavy atom. The predicted molar refractivity (Wildman–Crippen MR) is 79.2 cm³/mol. The molecule has 0 aliphatic rings. The van der Waals surface area contributed by atoms with Gasteiger partial charge in [0.25, 0.3) is 0 Å². The van der Waals surface area contributed by atoms with Crippen LogP contribution < -0.4 is 0 Å². The van der Waals surface area contributed by atoms with Gasteiger partial charge in [0.2, 0.25) is 0 Å². The minimum absolute atomic E-state index is 0.110. The monoisotopic (exact) mass is 286 g/mol. The van der Waals surface area contributed by atoms with E-state index in [1.807, 2.05) is 32.9 Å². The average Bonchev–Trinajstić information content (AvgIpc) is 2.33. The molecular weight excluding hydrogens is 266 g/mol. The van der Waals surface area contributed by atoms with Crippen molar-refractivity contribution in [2.45, 2.75) is 33.6 Å². The number of aryl methyl sites for hydroxylation is 2. The first-order valence-corrected chi connectivity index (χ1v) is 8.66. The van der Waals surface area contributed by atoms with Gasteiger partial charge in [0.1, 0.15) is 5.75 Å². The molecule has 0 aromatic heterocycles. The fourth-order valence-corrected chi connectivity index (χ4v) is 2.61. The Balaban J connectivity index is 2.85. The number of hydrogen-bond donors (Lipinski definition) is 1. The molecule has 3 atom stereocenters. The molecule has 0 aliphatic carbocycles. The van der Waals surface area contributed by atoms with Crippen LogP contribution in [-0.2, 0) is 15.7 Å². The Morgan fingerprint density at radius 3 is 2.44 bits per heavy atom. The van der Waals surface area contributed by atoms with E-state index in [4.69, 9.17) is 4.52 Å². The zero-order valence-corrected chi connectivity index (χ0v) is 13.1. The van der Waals surface area contributed by atoms with E-state index in [1.54, 1.807) is 0 Å². The van der Waals surface area contributed by atoms with Crippen LogP contribution in [0.4, 0.5) is 0 Å². The maximum atomic E-state index is 11.7. The zero-order valence-electron chi connectivity index (χ0n) is 11.0. The summed E-state index contributed by atoms with van der Waals surface area (Å²) in [6.07, 6.45) is 1.42. The Labute approximate surface area is 112 Å². The second-order valence-electron chi connectivity index (χ2n) is 4.43. The smallest absolute Gasteiger partial charge is 0.311 e. The van der Waals surface area contributed by atoms with Gasteiger partial charge in [-0.2, -0.15) is 0 Å². The van der Waals surface area contributed by atoms with Crippen molar-refractivity contribution < 1.29 is 14.4 Å². The van der Waals surface area contributed by atoms with Crippen molar-refractivity contribution in [2.24, 2.45) is 5.92 Å². The average molecular weight is 286 g/mol. The van der Waals surface area contributed by atoms with Crippen molar-refractivity contribution in [1.29, 1.82) is 0 Å². The summed E-state index contributed by atoms with van der Waals surface area (Å²) < 4.78 is 5.05. The summed E-state index contributed by atoms with van der Waals surface area (Å²) in [4.78, 5) is 11.7. The molecule has 100 valence electrons. The Kier molecular flexibility index (Phi) is 6.05. The maximum Gasteiger partial charge on any atom is 0.311 e. The number of phenols is 1. The first-order chi connectivity index (χ1) is 8.49. The standard InChI is InChI=1S/C13H20O3P2/c1-4-11(13(15)16-18-17)7-10-5-8(2)12(14)9(3)6-10/h5-6,11,14,18H,4,7,17H2,1-3H3/t11-/m0/s1. The summed E-state index contributed by atoms with van der Waals surface area (Å²) in [6.45, 7) is 5.72. The highest BCUT2D eigenvalue weighted by Crippen LogP contribution is 2.28. The van der Waals surface area contributed by atoms with Crippen molar-refractivity contribution in [2.75, 3.05) is 0 Å². The molecule has 0 fully saturated rings. The molecule has 1 rings (SSSR count). The van der Waals surface area contributed by atoms with E-state index in [2.05, 4.69) is 8.93 Å². The topological polar surface area (TPSA) is 46.5 Å². The largest absolute Gasteiger partial charge is 0.507 e. The first-order valence-electron chi connectivity index (χ1n) is 5.95. The number of benzene rings is 1. The molecule has 0 spiro atoms. The number of carbonyl (C=O) groups excluding carboxylic acids is 1. The highest BCUT2D eigenvalue weighted by Gasteiger charge is 2.19. The summed E-state index contributed by atoms with van der Waals surface area (Å²) in [5.74, 6) is 0.0800. The van der Waals surface area contributed by atoms with Crippen molar-refractivity contribution in [3.8, 4) is 5.75 Å². The summed E-state index contributed by atoms with van der Waals surface area (Å²) in [7, 11) is 2.53. The van der Waals surface area contributed by atoms with Crippen LogP contribution in [0, 0.1) is 19.8 Å². The summed E-state index contributed by atoms with van der Waals surface area (Å²) >= 11 is 0. The SMILES string of the molecule is CC[C@@H](Cc1cc(C)c(O)c(C)c1)C(=O)OPP. The molecule has 1 aromatic carbocycles. The molecule has 1 aromatic rings. The fraction of sp³-hybridized carbons (Fsp3) is 0.462. The van der Waals surface area contributed by atoms with Gasteiger partial charge in [-0.15, -0.1) is 0 Å². The Morgan fingerprint density at radius 1 is 1.44 bits per heavy atom. The van der Waals surface area contributed by atoms with Gasteiger partial charge >= 0.3 is 5.97 Å². The van der Waals surface area contributed by atoms with Crippen molar-refractivity contribution in [3.05, 3.63) is 28.8 Å². The fourth-order valence-electron chi connectivity index (χ4n) is 1.98. The summed E-state index contributed by atoms with van der Waals surface area (Å²) in [5.41, 5.74) is 2.76. The molecule has 0 heterocycles. The minimum Gasteiger partial charge on any atom is -0.507 e. The van der Waals surface area contributed by atoms with Crippen LogP contribution >= 0.6 is 17.4 Å². The number of aromatic hydroxyl groups is 1. The lowest BCUT2D eigenvalue weighted by molar-refractivity contribution is -0.137. The van der Waals surface area contributed by atoms with E-state index in [1.165, 1.54) is 0 Å². The van der Waals surface area contributed by atoms with Gasteiger partial charge in [0.15, 0.2) is 0 Å². The third-order valence-corrected chi connectivity index (χ3v) is 3.69. The molecule has 1 N–H and O–H groups in total. The van der Waals surface area contributed by atoms with Crippen molar-refractivity contribution >= 4 is 23.4 Å². The lowest BCUT2D eigenvalue weighted by atomic mass is 9.94. The van der Waals surface area contributed by atoms with Gasteiger partial charge < -0.3 is 9.63 Å². The summed E-state index contributed by atoms with van der Waals surface area (Å²) in [6, 6.07) is 3.86. The molecule has 0 amide bonds. The van der Waals surface area contributed by atoms with E-state index >= 15 is 0 Å². The van der Waals surface area contributed by atoms with Gasteiger partial charge in [-0.05, 0) is 43.4 Å². The van der Waals surface area contributed by atoms with E-state index in [9.17, 15) is 9.90 Å². The quantitative estimate of drug-likeness (QED) is 0.843. The molecule has 3 nitrogen and oxygen atoms in total. The highest BCUT2D eigenvalue weighted by molar-refractivity contribution is 8.00. The van der Waals surface area contributed by atoms with Gasteiger partial charge in [0.05, 0.1) is 14.4 Å². The van der Waals surface area contributed by atoms with Crippen molar-refractivity contribution in [3.63, 3.8) is 0 Å². The number of hydrogen-bond acceptors (Lipinski definition) is 3. The van der Waals surface area contributed by atoms with Gasteiger partial charge in [-0.1, -0.05) is 28.0 Å². The van der Waals surface area contributed by atoms with E-state index in [-0.39, 0.29) is 20.4 Å². The first kappa shape index (κ1) is 15.4. The van der Waals surface area contributed by atoms with Crippen LogP contribution in [0.5, 0.6) is 5.75 Å². The van der Waals surface area contributed by atoms with Crippen molar-refractivity contribution in [1.82, 2.24) is 0 Å². The summed E-state index contributed by atoms with van der Waals surface area (Å²) in [5, 5.41) is 9.72. The molecule has 2 unspecified atom stereocenters. The lowest BCUT2D eigenvalue weighted by Gasteiger charge is -2.14. The molecule has 18 heavy (non-hydrogen) atoms. The molecule has 0 saturated heterocycles. The van der Waals surface area contributed by atoms with Crippen LogP contribution in [0.2, 0.25) is 0 Å². The minimum atomic E-state index is -0.144. The molecule has 0 radical (unpaired) electrons. The van der Waals surface area contributed by atoms with Crippen LogP contribution in [0.15, 0.2) is 12.1 Å². The molecule has 0 saturated carbocycles. The second kappa shape index (κ2) is 7.07. The van der Waals surface area contributed by atoms with Gasteiger partial charge in [-0.25, -0.2) is 0 Å². The molecule has 0 aliphatic heterocycles. The third kappa shape index (κ3) is 3.93. The Bertz CT molecular complexity index is 409. The zero-order chi connectivity index (χ0) is 13.7. The molecule has 0 bridgehead atoms. The van der Waals surface area contributed by atoms with Gasteiger partial charge in [0, 0.05) is 0 Å². The van der Waals surface area contributed by atoms with Crippen LogP contribution in [0.1, 0.15) is 30.0 Å². The highest BCUT2D eigenvalue weighted by atomic mass is 32.0. The van der Waals surface area contributed by atoms with Crippen LogP contribution in [0.3, 0.4) is 0 Å². The van der Waals surface area contributed by atoms with E-state index in [0.717, 1.165) is 23.1 Å². The molecular formula is C13H20O3P2. The number of carbonyl (C=O) groups is 1. The van der Waals surface area contributed by atoms with Gasteiger partial charge in [-0.3, -0.25) is 4.79 Å². The third-order valence-electron chi connectivity index (χ3n) is 3.02. The van der Waals surface area contributed by atoms with E-state index < -0.39 is 0 Å². The second-order valence-corrected chi connectivity index (χ2v) is 5.57. The Hall–Kier alpha value is -0.650. The van der Waals surface area contributed by atoms with Crippen LogP contribution in [0.25, 0.3) is 0 Å². The predicted octanol–water partition coefficient (Wildman–Crippen LogP) is 3.50. The maximum absolute atomic E-state index is 11.7. The molecule has 5 heteroatoms.